The second-order valence-corrected chi connectivity index (χ2v) is 4.95. The summed E-state index contributed by atoms with van der Waals surface area (Å²) in [5.41, 5.74) is 1.65. The predicted octanol–water partition coefficient (Wildman–Crippen LogP) is 3.10. The lowest BCUT2D eigenvalue weighted by atomic mass is 10.2. The van der Waals surface area contributed by atoms with Crippen LogP contribution >= 0.6 is 27.7 Å². The molecule has 0 aliphatic rings. The summed E-state index contributed by atoms with van der Waals surface area (Å²) in [5.74, 6) is 4.30. The van der Waals surface area contributed by atoms with Gasteiger partial charge in [0.25, 0.3) is 0 Å². The van der Waals surface area contributed by atoms with Crippen molar-refractivity contribution >= 4 is 33.4 Å². The molecule has 0 amide bonds. The van der Waals surface area contributed by atoms with E-state index >= 15 is 0 Å². The SMILES string of the molecule is C#CCSCCNc1ccc(C#N)c(Br)c1. The number of halogens is 1. The molecule has 0 unspecified atom stereocenters. The summed E-state index contributed by atoms with van der Waals surface area (Å²) in [6.45, 7) is 0.866. The van der Waals surface area contributed by atoms with Crippen LogP contribution in [0.25, 0.3) is 0 Å². The van der Waals surface area contributed by atoms with Gasteiger partial charge in [0.2, 0.25) is 0 Å². The minimum absolute atomic E-state index is 0.646. The van der Waals surface area contributed by atoms with Crippen molar-refractivity contribution in [3.8, 4) is 18.4 Å². The second kappa shape index (κ2) is 7.22. The first-order valence-electron chi connectivity index (χ1n) is 4.72. The highest BCUT2D eigenvalue weighted by Gasteiger charge is 1.99. The van der Waals surface area contributed by atoms with E-state index in [9.17, 15) is 0 Å². The third kappa shape index (κ3) is 4.18. The van der Waals surface area contributed by atoms with Crippen molar-refractivity contribution in [3.05, 3.63) is 28.2 Å². The fourth-order valence-corrected chi connectivity index (χ4v) is 2.09. The van der Waals surface area contributed by atoms with Crippen molar-refractivity contribution < 1.29 is 0 Å². The van der Waals surface area contributed by atoms with Crippen molar-refractivity contribution in [3.63, 3.8) is 0 Å². The third-order valence-electron chi connectivity index (χ3n) is 1.85. The van der Waals surface area contributed by atoms with Gasteiger partial charge in [-0.3, -0.25) is 0 Å². The maximum absolute atomic E-state index is 8.76. The molecule has 16 heavy (non-hydrogen) atoms. The quantitative estimate of drug-likeness (QED) is 0.670. The number of thioether (sulfide) groups is 1. The molecule has 0 atom stereocenters. The van der Waals surface area contributed by atoms with Crippen LogP contribution in [0.2, 0.25) is 0 Å². The van der Waals surface area contributed by atoms with Crippen molar-refractivity contribution in [2.45, 2.75) is 0 Å². The smallest absolute Gasteiger partial charge is 0.100 e. The maximum Gasteiger partial charge on any atom is 0.100 e. The number of benzene rings is 1. The van der Waals surface area contributed by atoms with Gasteiger partial charge in [0.1, 0.15) is 6.07 Å². The Morgan fingerprint density at radius 3 is 2.94 bits per heavy atom. The topological polar surface area (TPSA) is 35.8 Å². The summed E-state index contributed by atoms with van der Waals surface area (Å²) < 4.78 is 0.816. The largest absolute Gasteiger partial charge is 0.384 e. The molecule has 4 heteroatoms. The molecule has 1 aromatic rings. The third-order valence-corrected chi connectivity index (χ3v) is 3.37. The summed E-state index contributed by atoms with van der Waals surface area (Å²) in [6.07, 6.45) is 5.15. The van der Waals surface area contributed by atoms with E-state index in [0.29, 0.717) is 5.56 Å². The van der Waals surface area contributed by atoms with E-state index in [1.54, 1.807) is 17.8 Å². The Bertz CT molecular complexity index is 432. The number of rotatable bonds is 5. The molecule has 0 aliphatic carbocycles. The summed E-state index contributed by atoms with van der Waals surface area (Å²) in [5, 5.41) is 12.0. The van der Waals surface area contributed by atoms with Crippen LogP contribution in [-0.4, -0.2) is 18.1 Å². The van der Waals surface area contributed by atoms with Crippen LogP contribution in [0, 0.1) is 23.7 Å². The molecule has 0 fully saturated rings. The van der Waals surface area contributed by atoms with Gasteiger partial charge in [0.05, 0.1) is 11.3 Å². The monoisotopic (exact) mass is 294 g/mol. The molecule has 1 N–H and O–H groups in total. The number of hydrogen-bond acceptors (Lipinski definition) is 3. The van der Waals surface area contributed by atoms with Gasteiger partial charge in [0.15, 0.2) is 0 Å². The molecule has 0 aromatic heterocycles. The molecule has 1 rings (SSSR count). The van der Waals surface area contributed by atoms with Gasteiger partial charge in [-0.1, -0.05) is 5.92 Å². The average Bonchev–Trinajstić information content (AvgIpc) is 2.29. The number of nitrogens with one attached hydrogen (secondary N) is 1. The fourth-order valence-electron chi connectivity index (χ4n) is 1.11. The highest BCUT2D eigenvalue weighted by Crippen LogP contribution is 2.20. The normalized spacial score (nSPS) is 9.19. The van der Waals surface area contributed by atoms with E-state index in [1.807, 2.05) is 12.1 Å². The van der Waals surface area contributed by atoms with Gasteiger partial charge in [-0.05, 0) is 34.1 Å². The summed E-state index contributed by atoms with van der Waals surface area (Å²) in [6, 6.07) is 7.70. The van der Waals surface area contributed by atoms with Crippen LogP contribution in [0.5, 0.6) is 0 Å². The molecule has 0 saturated carbocycles. The molecule has 2 nitrogen and oxygen atoms in total. The van der Waals surface area contributed by atoms with E-state index in [-0.39, 0.29) is 0 Å². The molecule has 0 aliphatic heterocycles. The van der Waals surface area contributed by atoms with E-state index in [4.69, 9.17) is 11.7 Å². The van der Waals surface area contributed by atoms with Crippen LogP contribution in [0.15, 0.2) is 22.7 Å². The number of anilines is 1. The number of terminal acetylenes is 1. The van der Waals surface area contributed by atoms with Crippen LogP contribution in [0.1, 0.15) is 5.56 Å². The lowest BCUT2D eigenvalue weighted by Crippen LogP contribution is -2.04. The van der Waals surface area contributed by atoms with Gasteiger partial charge in [-0.15, -0.1) is 18.2 Å². The molecule has 82 valence electrons. The Balaban J connectivity index is 2.41. The highest BCUT2D eigenvalue weighted by atomic mass is 79.9. The van der Waals surface area contributed by atoms with Crippen LogP contribution in [0.3, 0.4) is 0 Å². The minimum atomic E-state index is 0.646. The van der Waals surface area contributed by atoms with Gasteiger partial charge in [0, 0.05) is 22.5 Å². The zero-order valence-corrected chi connectivity index (χ0v) is 11.1. The molecule has 1 aromatic carbocycles. The summed E-state index contributed by atoms with van der Waals surface area (Å²) in [4.78, 5) is 0. The lowest BCUT2D eigenvalue weighted by molar-refractivity contribution is 1.23. The second-order valence-electron chi connectivity index (χ2n) is 2.99. The molecule has 0 spiro atoms. The fraction of sp³-hybridized carbons (Fsp3) is 0.250. The van der Waals surface area contributed by atoms with Gasteiger partial charge in [-0.25, -0.2) is 0 Å². The minimum Gasteiger partial charge on any atom is -0.384 e. The Hall–Kier alpha value is -1.10. The molecule has 0 radical (unpaired) electrons. The van der Waals surface area contributed by atoms with Crippen molar-refractivity contribution in [2.24, 2.45) is 0 Å². The summed E-state index contributed by atoms with van der Waals surface area (Å²) >= 11 is 5.07. The van der Waals surface area contributed by atoms with E-state index in [2.05, 4.69) is 33.2 Å². The number of hydrogen-bond donors (Lipinski definition) is 1. The Morgan fingerprint density at radius 1 is 1.50 bits per heavy atom. The number of nitrogens with zero attached hydrogens (tertiary/aromatic N) is 1. The summed E-state index contributed by atoms with van der Waals surface area (Å²) in [7, 11) is 0. The van der Waals surface area contributed by atoms with E-state index in [1.165, 1.54) is 0 Å². The van der Waals surface area contributed by atoms with Crippen LogP contribution in [-0.2, 0) is 0 Å². The van der Waals surface area contributed by atoms with Gasteiger partial charge < -0.3 is 5.32 Å². The lowest BCUT2D eigenvalue weighted by Gasteiger charge is -2.06. The Morgan fingerprint density at radius 2 is 2.31 bits per heavy atom. The Labute approximate surface area is 109 Å². The molecule has 0 heterocycles. The zero-order valence-electron chi connectivity index (χ0n) is 8.66. The van der Waals surface area contributed by atoms with Gasteiger partial charge >= 0.3 is 0 Å². The standard InChI is InChI=1S/C12H11BrN2S/c1-2-6-16-7-5-15-11-4-3-10(9-14)12(13)8-11/h1,3-4,8,15H,5-7H2. The molecular formula is C12H11BrN2S. The molecule has 0 bridgehead atoms. The van der Waals surface area contributed by atoms with E-state index < -0.39 is 0 Å². The molecule has 0 saturated heterocycles. The zero-order chi connectivity index (χ0) is 11.8. The van der Waals surface area contributed by atoms with Crippen LogP contribution in [0.4, 0.5) is 5.69 Å². The van der Waals surface area contributed by atoms with Crippen molar-refractivity contribution in [1.29, 1.82) is 5.26 Å². The highest BCUT2D eigenvalue weighted by molar-refractivity contribution is 9.10. The van der Waals surface area contributed by atoms with E-state index in [0.717, 1.165) is 28.2 Å². The first-order valence-corrected chi connectivity index (χ1v) is 6.67. The van der Waals surface area contributed by atoms with Crippen LogP contribution < -0.4 is 5.32 Å². The van der Waals surface area contributed by atoms with Gasteiger partial charge in [-0.2, -0.15) is 5.26 Å². The van der Waals surface area contributed by atoms with Crippen molar-refractivity contribution in [1.82, 2.24) is 0 Å². The first-order chi connectivity index (χ1) is 7.77. The van der Waals surface area contributed by atoms with Crippen molar-refractivity contribution in [2.75, 3.05) is 23.4 Å². The maximum atomic E-state index is 8.76. The predicted molar refractivity (Wildman–Crippen MR) is 73.5 cm³/mol. The first kappa shape index (κ1) is 13.0. The molecular weight excluding hydrogens is 284 g/mol. The Kier molecular flexibility index (Phi) is 5.85. The number of nitriles is 1. The average molecular weight is 295 g/mol.